The molecule has 0 spiro atoms. The van der Waals surface area contributed by atoms with E-state index in [0.29, 0.717) is 17.0 Å². The molecule has 0 amide bonds. The summed E-state index contributed by atoms with van der Waals surface area (Å²) in [6, 6.07) is 17.6. The second-order valence-electron chi connectivity index (χ2n) is 10.3. The number of benzene rings is 2. The SMILES string of the molecule is CCCCCCc1ccc(-c2ccc(C3CCC(CCCCCC)CC3)c(C#N)c2C#N)cc1. The van der Waals surface area contributed by atoms with Crippen LogP contribution in [0, 0.1) is 28.6 Å². The van der Waals surface area contributed by atoms with E-state index in [9.17, 15) is 10.5 Å². The Bertz CT molecular complexity index is 966. The lowest BCUT2D eigenvalue weighted by atomic mass is 9.75. The van der Waals surface area contributed by atoms with E-state index < -0.39 is 0 Å². The fourth-order valence-corrected chi connectivity index (χ4v) is 5.66. The zero-order valence-corrected chi connectivity index (χ0v) is 21.4. The molecule has 0 saturated heterocycles. The van der Waals surface area contributed by atoms with Crippen molar-refractivity contribution in [1.82, 2.24) is 0 Å². The smallest absolute Gasteiger partial charge is 0.101 e. The quantitative estimate of drug-likeness (QED) is 0.300. The number of unbranched alkanes of at least 4 members (excludes halogenated alkanes) is 6. The molecule has 0 bridgehead atoms. The molecule has 1 saturated carbocycles. The molecule has 34 heavy (non-hydrogen) atoms. The lowest BCUT2D eigenvalue weighted by Gasteiger charge is -2.29. The molecule has 2 heteroatoms. The van der Waals surface area contributed by atoms with Crippen molar-refractivity contribution in [2.45, 2.75) is 110 Å². The van der Waals surface area contributed by atoms with Crippen molar-refractivity contribution in [2.24, 2.45) is 5.92 Å². The van der Waals surface area contributed by atoms with Crippen LogP contribution in [0.5, 0.6) is 0 Å². The average molecular weight is 455 g/mol. The van der Waals surface area contributed by atoms with Gasteiger partial charge in [0.1, 0.15) is 12.1 Å². The minimum absolute atomic E-state index is 0.410. The first-order chi connectivity index (χ1) is 16.7. The van der Waals surface area contributed by atoms with Crippen molar-refractivity contribution >= 4 is 0 Å². The van der Waals surface area contributed by atoms with Gasteiger partial charge in [-0.05, 0) is 67.1 Å². The normalized spacial score (nSPS) is 17.8. The molecule has 2 nitrogen and oxygen atoms in total. The van der Waals surface area contributed by atoms with Crippen LogP contribution in [-0.2, 0) is 6.42 Å². The fraction of sp³-hybridized carbons (Fsp3) is 0.562. The van der Waals surface area contributed by atoms with Crippen molar-refractivity contribution in [2.75, 3.05) is 0 Å². The lowest BCUT2D eigenvalue weighted by Crippen LogP contribution is -2.15. The van der Waals surface area contributed by atoms with Gasteiger partial charge in [0.05, 0.1) is 11.1 Å². The highest BCUT2D eigenvalue weighted by atomic mass is 14.3. The Morgan fingerprint density at radius 1 is 0.706 bits per heavy atom. The summed E-state index contributed by atoms with van der Waals surface area (Å²) in [5, 5.41) is 20.1. The Balaban J connectivity index is 1.70. The van der Waals surface area contributed by atoms with Crippen molar-refractivity contribution in [3.63, 3.8) is 0 Å². The van der Waals surface area contributed by atoms with Crippen LogP contribution in [0.1, 0.15) is 125 Å². The van der Waals surface area contributed by atoms with Gasteiger partial charge in [0.25, 0.3) is 0 Å². The Hall–Kier alpha value is -2.58. The van der Waals surface area contributed by atoms with Crippen LogP contribution < -0.4 is 0 Å². The van der Waals surface area contributed by atoms with Crippen molar-refractivity contribution in [3.8, 4) is 23.3 Å². The predicted molar refractivity (Wildman–Crippen MR) is 143 cm³/mol. The molecule has 0 unspecified atom stereocenters. The summed E-state index contributed by atoms with van der Waals surface area (Å²) in [6.07, 6.45) is 17.7. The Labute approximate surface area is 208 Å². The molecule has 2 aromatic carbocycles. The van der Waals surface area contributed by atoms with E-state index in [1.54, 1.807) is 0 Å². The number of aryl methyl sites for hydroxylation is 1. The third kappa shape index (κ3) is 6.96. The molecule has 0 heterocycles. The highest BCUT2D eigenvalue weighted by Gasteiger charge is 2.26. The molecule has 2 aromatic rings. The summed E-state index contributed by atoms with van der Waals surface area (Å²) in [4.78, 5) is 0. The minimum atomic E-state index is 0.410. The van der Waals surface area contributed by atoms with Gasteiger partial charge < -0.3 is 0 Å². The van der Waals surface area contributed by atoms with Gasteiger partial charge in [-0.15, -0.1) is 0 Å². The van der Waals surface area contributed by atoms with Gasteiger partial charge in [-0.1, -0.05) is 102 Å². The molecule has 180 valence electrons. The summed E-state index contributed by atoms with van der Waals surface area (Å²) in [6.45, 7) is 4.51. The first kappa shape index (κ1) is 26.0. The fourth-order valence-electron chi connectivity index (χ4n) is 5.66. The monoisotopic (exact) mass is 454 g/mol. The maximum atomic E-state index is 10.0. The summed E-state index contributed by atoms with van der Waals surface area (Å²) in [5.41, 5.74) is 5.53. The molecule has 1 fully saturated rings. The van der Waals surface area contributed by atoms with Crippen LogP contribution in [0.2, 0.25) is 0 Å². The third-order valence-corrected chi connectivity index (χ3v) is 7.80. The Morgan fingerprint density at radius 2 is 1.35 bits per heavy atom. The summed E-state index contributed by atoms with van der Waals surface area (Å²) in [5.74, 6) is 1.25. The standard InChI is InChI=1S/C32H42N2/c1-3-5-7-9-11-25-13-17-27(18-14-25)29-21-22-30(32(24-34)31(29)23-33)28-19-15-26(16-20-28)12-10-8-6-4-2/h13-14,17-18,21-22,26,28H,3-12,15-16,19-20H2,1-2H3. The molecular formula is C32H42N2. The second kappa shape index (κ2) is 14.0. The van der Waals surface area contributed by atoms with Gasteiger partial charge in [0, 0.05) is 5.56 Å². The van der Waals surface area contributed by atoms with E-state index in [0.717, 1.165) is 41.9 Å². The maximum absolute atomic E-state index is 10.0. The second-order valence-corrected chi connectivity index (χ2v) is 10.3. The Morgan fingerprint density at radius 3 is 1.97 bits per heavy atom. The molecule has 0 N–H and O–H groups in total. The van der Waals surface area contributed by atoms with Gasteiger partial charge >= 0.3 is 0 Å². The first-order valence-electron chi connectivity index (χ1n) is 13.8. The summed E-state index contributed by atoms with van der Waals surface area (Å²) in [7, 11) is 0. The summed E-state index contributed by atoms with van der Waals surface area (Å²) < 4.78 is 0. The average Bonchev–Trinajstić information content (AvgIpc) is 2.89. The van der Waals surface area contributed by atoms with Crippen molar-refractivity contribution in [1.29, 1.82) is 10.5 Å². The van der Waals surface area contributed by atoms with Crippen LogP contribution in [-0.4, -0.2) is 0 Å². The number of hydrogen-bond donors (Lipinski definition) is 0. The van der Waals surface area contributed by atoms with E-state index in [2.05, 4.69) is 62.4 Å². The zero-order valence-electron chi connectivity index (χ0n) is 21.4. The molecular weight excluding hydrogens is 412 g/mol. The van der Waals surface area contributed by atoms with E-state index in [1.165, 1.54) is 76.2 Å². The number of nitrogens with zero attached hydrogens (tertiary/aromatic N) is 2. The number of hydrogen-bond acceptors (Lipinski definition) is 2. The third-order valence-electron chi connectivity index (χ3n) is 7.80. The highest BCUT2D eigenvalue weighted by Crippen LogP contribution is 2.41. The maximum Gasteiger partial charge on any atom is 0.101 e. The Kier molecular flexibility index (Phi) is 10.7. The largest absolute Gasteiger partial charge is 0.192 e. The van der Waals surface area contributed by atoms with Crippen LogP contribution >= 0.6 is 0 Å². The van der Waals surface area contributed by atoms with E-state index >= 15 is 0 Å². The van der Waals surface area contributed by atoms with Crippen LogP contribution in [0.15, 0.2) is 36.4 Å². The van der Waals surface area contributed by atoms with E-state index in [1.807, 2.05) is 0 Å². The first-order valence-corrected chi connectivity index (χ1v) is 13.8. The van der Waals surface area contributed by atoms with Crippen LogP contribution in [0.4, 0.5) is 0 Å². The van der Waals surface area contributed by atoms with Gasteiger partial charge in [-0.3, -0.25) is 0 Å². The van der Waals surface area contributed by atoms with E-state index in [-0.39, 0.29) is 0 Å². The lowest BCUT2D eigenvalue weighted by molar-refractivity contribution is 0.302. The van der Waals surface area contributed by atoms with Crippen LogP contribution in [0.25, 0.3) is 11.1 Å². The van der Waals surface area contributed by atoms with Gasteiger partial charge in [-0.2, -0.15) is 10.5 Å². The molecule has 0 aliphatic heterocycles. The van der Waals surface area contributed by atoms with Crippen molar-refractivity contribution in [3.05, 3.63) is 58.7 Å². The molecule has 3 rings (SSSR count). The number of rotatable bonds is 12. The van der Waals surface area contributed by atoms with Gasteiger partial charge in [0.2, 0.25) is 0 Å². The molecule has 1 aliphatic rings. The summed E-state index contributed by atoms with van der Waals surface area (Å²) >= 11 is 0. The number of nitriles is 2. The highest BCUT2D eigenvalue weighted by molar-refractivity contribution is 5.75. The van der Waals surface area contributed by atoms with E-state index in [4.69, 9.17) is 0 Å². The topological polar surface area (TPSA) is 47.6 Å². The zero-order chi connectivity index (χ0) is 24.2. The predicted octanol–water partition coefficient (Wildman–Crippen LogP) is 9.46. The molecule has 0 aromatic heterocycles. The van der Waals surface area contributed by atoms with Gasteiger partial charge in [-0.25, -0.2) is 0 Å². The molecule has 1 aliphatic carbocycles. The van der Waals surface area contributed by atoms with Gasteiger partial charge in [0.15, 0.2) is 0 Å². The van der Waals surface area contributed by atoms with Crippen LogP contribution in [0.3, 0.4) is 0 Å². The van der Waals surface area contributed by atoms with Crippen molar-refractivity contribution < 1.29 is 0 Å². The molecule has 0 atom stereocenters. The molecule has 0 radical (unpaired) electrons. The minimum Gasteiger partial charge on any atom is -0.192 e.